The lowest BCUT2D eigenvalue weighted by molar-refractivity contribution is -0.0230. The molecule has 0 aliphatic carbocycles. The number of pyridine rings is 2. The number of carbonyl (C=O) groups excluding carboxylic acids is 1. The van der Waals surface area contributed by atoms with Gasteiger partial charge in [-0.15, -0.1) is 0 Å². The van der Waals surface area contributed by atoms with Crippen LogP contribution in [-0.4, -0.2) is 44.9 Å². The van der Waals surface area contributed by atoms with Crippen molar-refractivity contribution < 1.29 is 9.53 Å². The second kappa shape index (κ2) is 6.05. The van der Waals surface area contributed by atoms with Crippen LogP contribution in [0.25, 0.3) is 5.65 Å². The van der Waals surface area contributed by atoms with Crippen molar-refractivity contribution in [2.24, 2.45) is 0 Å². The Hall–Kier alpha value is -2.73. The van der Waals surface area contributed by atoms with Crippen LogP contribution >= 0.6 is 0 Å². The van der Waals surface area contributed by atoms with Crippen molar-refractivity contribution in [3.8, 4) is 0 Å². The predicted octanol–water partition coefficient (Wildman–Crippen LogP) is 2.25. The smallest absolute Gasteiger partial charge is 0.274 e. The number of fused-ring (bicyclic) bond motifs is 1. The number of carbonyl (C=O) groups is 1. The summed E-state index contributed by atoms with van der Waals surface area (Å²) >= 11 is 0. The zero-order valence-electron chi connectivity index (χ0n) is 13.4. The topological polar surface area (TPSA) is 59.7 Å². The van der Waals surface area contributed by atoms with E-state index in [0.29, 0.717) is 25.4 Å². The molecule has 4 rings (SSSR count). The first-order valence-electron chi connectivity index (χ1n) is 7.98. The molecule has 122 valence electrons. The summed E-state index contributed by atoms with van der Waals surface area (Å²) in [6.07, 6.45) is 5.17. The van der Waals surface area contributed by atoms with E-state index >= 15 is 0 Å². The Morgan fingerprint density at radius 2 is 2.08 bits per heavy atom. The van der Waals surface area contributed by atoms with Crippen LogP contribution < -0.4 is 0 Å². The van der Waals surface area contributed by atoms with Gasteiger partial charge in [-0.3, -0.25) is 9.78 Å². The van der Waals surface area contributed by atoms with Gasteiger partial charge < -0.3 is 14.0 Å². The molecule has 3 aromatic rings. The molecular weight excluding hydrogens is 304 g/mol. The molecular formula is C18H18N4O2. The number of hydrogen-bond acceptors (Lipinski definition) is 4. The second-order valence-corrected chi connectivity index (χ2v) is 5.91. The molecule has 0 N–H and O–H groups in total. The van der Waals surface area contributed by atoms with Gasteiger partial charge in [-0.05, 0) is 36.8 Å². The monoisotopic (exact) mass is 322 g/mol. The van der Waals surface area contributed by atoms with E-state index < -0.39 is 0 Å². The molecule has 24 heavy (non-hydrogen) atoms. The van der Waals surface area contributed by atoms with Gasteiger partial charge in [0.25, 0.3) is 5.91 Å². The Labute approximate surface area is 139 Å². The zero-order chi connectivity index (χ0) is 16.5. The van der Waals surface area contributed by atoms with E-state index in [-0.39, 0.29) is 12.0 Å². The van der Waals surface area contributed by atoms with Crippen molar-refractivity contribution in [3.05, 3.63) is 65.9 Å². The normalized spacial score (nSPS) is 18.0. The molecule has 1 aliphatic heterocycles. The highest BCUT2D eigenvalue weighted by Gasteiger charge is 2.27. The molecule has 0 unspecified atom stereocenters. The van der Waals surface area contributed by atoms with E-state index in [1.54, 1.807) is 12.4 Å². The highest BCUT2D eigenvalue weighted by atomic mass is 16.5. The highest BCUT2D eigenvalue weighted by molar-refractivity contribution is 5.93. The second-order valence-electron chi connectivity index (χ2n) is 5.91. The molecule has 0 saturated carbocycles. The summed E-state index contributed by atoms with van der Waals surface area (Å²) in [7, 11) is 0. The summed E-state index contributed by atoms with van der Waals surface area (Å²) < 4.78 is 7.75. The number of imidazole rings is 1. The molecule has 0 radical (unpaired) electrons. The molecule has 0 bridgehead atoms. The lowest BCUT2D eigenvalue weighted by atomic mass is 10.1. The first-order chi connectivity index (χ1) is 11.7. The maximum Gasteiger partial charge on any atom is 0.274 e. The SMILES string of the molecule is Cc1cccc2nc(C(=O)N3CCO[C@H](c4ccncc4)C3)cn12. The summed E-state index contributed by atoms with van der Waals surface area (Å²) in [6.45, 7) is 3.62. The van der Waals surface area contributed by atoms with E-state index in [0.717, 1.165) is 16.9 Å². The summed E-state index contributed by atoms with van der Waals surface area (Å²) in [5.41, 5.74) is 3.35. The average Bonchev–Trinajstić information content (AvgIpc) is 3.08. The van der Waals surface area contributed by atoms with Crippen LogP contribution in [0.15, 0.2) is 48.9 Å². The fourth-order valence-corrected chi connectivity index (χ4v) is 3.03. The highest BCUT2D eigenvalue weighted by Crippen LogP contribution is 2.22. The lowest BCUT2D eigenvalue weighted by Gasteiger charge is -2.32. The third-order valence-electron chi connectivity index (χ3n) is 4.35. The van der Waals surface area contributed by atoms with Crippen LogP contribution in [0.4, 0.5) is 0 Å². The van der Waals surface area contributed by atoms with Crippen molar-refractivity contribution in [1.82, 2.24) is 19.3 Å². The van der Waals surface area contributed by atoms with E-state index in [4.69, 9.17) is 4.74 Å². The van der Waals surface area contributed by atoms with Crippen LogP contribution in [0.5, 0.6) is 0 Å². The summed E-state index contributed by atoms with van der Waals surface area (Å²) in [5, 5.41) is 0. The summed E-state index contributed by atoms with van der Waals surface area (Å²) in [5.74, 6) is -0.0551. The first-order valence-corrected chi connectivity index (χ1v) is 7.98. The van der Waals surface area contributed by atoms with Gasteiger partial charge >= 0.3 is 0 Å². The average molecular weight is 322 g/mol. The Kier molecular flexibility index (Phi) is 3.74. The van der Waals surface area contributed by atoms with Crippen LogP contribution in [0.2, 0.25) is 0 Å². The minimum absolute atomic E-state index is 0.0551. The first kappa shape index (κ1) is 14.8. The van der Waals surface area contributed by atoms with Gasteiger partial charge in [-0.1, -0.05) is 6.07 Å². The van der Waals surface area contributed by atoms with Gasteiger partial charge in [0.1, 0.15) is 17.4 Å². The van der Waals surface area contributed by atoms with Crippen molar-refractivity contribution in [1.29, 1.82) is 0 Å². The number of amides is 1. The standard InChI is InChI=1S/C18H18N4O2/c1-13-3-2-4-17-20-15(11-22(13)17)18(23)21-9-10-24-16(12-21)14-5-7-19-8-6-14/h2-8,11,16H,9-10,12H2,1H3/t16-/m0/s1. The van der Waals surface area contributed by atoms with Gasteiger partial charge in [-0.2, -0.15) is 0 Å². The maximum atomic E-state index is 12.8. The molecule has 0 spiro atoms. The van der Waals surface area contributed by atoms with E-state index in [1.807, 2.05) is 52.8 Å². The zero-order valence-corrected chi connectivity index (χ0v) is 13.4. The number of morpholine rings is 1. The van der Waals surface area contributed by atoms with Crippen LogP contribution in [0.3, 0.4) is 0 Å². The number of aromatic nitrogens is 3. The van der Waals surface area contributed by atoms with Crippen LogP contribution in [-0.2, 0) is 4.74 Å². The van der Waals surface area contributed by atoms with Gasteiger partial charge in [0, 0.05) is 30.8 Å². The molecule has 1 saturated heterocycles. The number of nitrogens with zero attached hydrogens (tertiary/aromatic N) is 4. The Morgan fingerprint density at radius 1 is 1.25 bits per heavy atom. The molecule has 4 heterocycles. The fourth-order valence-electron chi connectivity index (χ4n) is 3.03. The van der Waals surface area contributed by atoms with Crippen molar-refractivity contribution >= 4 is 11.6 Å². The predicted molar refractivity (Wildman–Crippen MR) is 88.8 cm³/mol. The lowest BCUT2D eigenvalue weighted by Crippen LogP contribution is -2.42. The third kappa shape index (κ3) is 2.65. The minimum atomic E-state index is -0.121. The summed E-state index contributed by atoms with van der Waals surface area (Å²) in [6, 6.07) is 9.69. The molecule has 3 aromatic heterocycles. The van der Waals surface area contributed by atoms with E-state index in [2.05, 4.69) is 9.97 Å². The third-order valence-corrected chi connectivity index (χ3v) is 4.35. The molecule has 0 aromatic carbocycles. The minimum Gasteiger partial charge on any atom is -0.370 e. The molecule has 6 heteroatoms. The molecule has 1 amide bonds. The molecule has 1 fully saturated rings. The van der Waals surface area contributed by atoms with Gasteiger partial charge in [0.05, 0.1) is 13.2 Å². The Bertz CT molecular complexity index is 875. The van der Waals surface area contributed by atoms with Gasteiger partial charge in [-0.25, -0.2) is 4.98 Å². The number of aryl methyl sites for hydroxylation is 1. The van der Waals surface area contributed by atoms with Gasteiger partial charge in [0.2, 0.25) is 0 Å². The molecule has 6 nitrogen and oxygen atoms in total. The quantitative estimate of drug-likeness (QED) is 0.726. The van der Waals surface area contributed by atoms with Crippen molar-refractivity contribution in [2.45, 2.75) is 13.0 Å². The number of hydrogen-bond donors (Lipinski definition) is 0. The summed E-state index contributed by atoms with van der Waals surface area (Å²) in [4.78, 5) is 23.1. The van der Waals surface area contributed by atoms with Crippen LogP contribution in [0, 0.1) is 6.92 Å². The van der Waals surface area contributed by atoms with Gasteiger partial charge in [0.15, 0.2) is 0 Å². The van der Waals surface area contributed by atoms with E-state index in [1.165, 1.54) is 0 Å². The number of rotatable bonds is 2. The maximum absolute atomic E-state index is 12.8. The van der Waals surface area contributed by atoms with Crippen LogP contribution in [0.1, 0.15) is 27.8 Å². The van der Waals surface area contributed by atoms with Crippen molar-refractivity contribution in [3.63, 3.8) is 0 Å². The Balaban J connectivity index is 1.58. The van der Waals surface area contributed by atoms with E-state index in [9.17, 15) is 4.79 Å². The number of ether oxygens (including phenoxy) is 1. The van der Waals surface area contributed by atoms with Crippen molar-refractivity contribution in [2.75, 3.05) is 19.7 Å². The Morgan fingerprint density at radius 3 is 2.88 bits per heavy atom. The molecule has 1 atom stereocenters. The fraction of sp³-hybridized carbons (Fsp3) is 0.278. The molecule has 1 aliphatic rings. The largest absolute Gasteiger partial charge is 0.370 e.